The predicted octanol–water partition coefficient (Wildman–Crippen LogP) is 6.43. The maximum atomic E-state index is 14.0. The van der Waals surface area contributed by atoms with E-state index in [1.54, 1.807) is 0 Å². The Kier molecular flexibility index (Phi) is 5.91. The number of hydrogen-bond donors (Lipinski definition) is 1. The van der Waals surface area contributed by atoms with Crippen molar-refractivity contribution < 1.29 is 14.5 Å². The first-order valence-electron chi connectivity index (χ1n) is 14.3. The number of aromatic nitrogens is 1. The molecule has 1 saturated carbocycles. The summed E-state index contributed by atoms with van der Waals surface area (Å²) >= 11 is 0. The molecule has 2 heterocycles. The van der Waals surface area contributed by atoms with Crippen LogP contribution in [-0.4, -0.2) is 31.8 Å². The predicted molar refractivity (Wildman–Crippen MR) is 150 cm³/mol. The number of aliphatic hydroxyl groups excluding tert-OH is 1. The van der Waals surface area contributed by atoms with Crippen LogP contribution in [0.2, 0.25) is 0 Å². The third-order valence-electron chi connectivity index (χ3n) is 9.01. The fourth-order valence-corrected chi connectivity index (χ4v) is 7.12. The van der Waals surface area contributed by atoms with E-state index in [0.29, 0.717) is 5.57 Å². The minimum Gasteiger partial charge on any atom is -0.510 e. The lowest BCUT2D eigenvalue weighted by molar-refractivity contribution is -0.558. The average Bonchev–Trinajstić information content (AvgIpc) is 3.48. The fourth-order valence-electron chi connectivity index (χ4n) is 7.12. The van der Waals surface area contributed by atoms with Gasteiger partial charge < -0.3 is 9.67 Å². The van der Waals surface area contributed by atoms with Gasteiger partial charge in [-0.25, -0.2) is 4.58 Å². The topological polar surface area (TPSA) is 45.2 Å². The van der Waals surface area contributed by atoms with Crippen molar-refractivity contribution in [1.82, 2.24) is 4.57 Å². The molecule has 7 rings (SSSR count). The lowest BCUT2D eigenvalue weighted by atomic mass is 9.76. The second-order valence-corrected chi connectivity index (χ2v) is 11.3. The van der Waals surface area contributed by atoms with Gasteiger partial charge in [-0.2, -0.15) is 0 Å². The van der Waals surface area contributed by atoms with Crippen LogP contribution in [-0.2, 0) is 30.7 Å². The van der Waals surface area contributed by atoms with Crippen molar-refractivity contribution in [2.24, 2.45) is 0 Å². The highest BCUT2D eigenvalue weighted by Gasteiger charge is 2.51. The molecule has 38 heavy (non-hydrogen) atoms. The van der Waals surface area contributed by atoms with Crippen LogP contribution < -0.4 is 0 Å². The number of allylic oxidation sites excluding steroid dienone is 2. The van der Waals surface area contributed by atoms with E-state index in [1.165, 1.54) is 59.4 Å². The fraction of sp³-hybridized carbons (Fsp3) is 0.353. The molecule has 4 nitrogen and oxygen atoms in total. The number of rotatable bonds is 6. The molecule has 3 aliphatic carbocycles. The zero-order chi connectivity index (χ0) is 25.6. The van der Waals surface area contributed by atoms with Gasteiger partial charge in [-0.05, 0) is 68.2 Å². The highest BCUT2D eigenvalue weighted by atomic mass is 16.3. The third-order valence-corrected chi connectivity index (χ3v) is 9.01. The van der Waals surface area contributed by atoms with Gasteiger partial charge in [-0.15, -0.1) is 0 Å². The van der Waals surface area contributed by atoms with Crippen molar-refractivity contribution in [2.45, 2.75) is 76.4 Å². The lowest BCUT2D eigenvalue weighted by Gasteiger charge is -2.31. The van der Waals surface area contributed by atoms with E-state index >= 15 is 0 Å². The second-order valence-electron chi connectivity index (χ2n) is 11.3. The van der Waals surface area contributed by atoms with Crippen LogP contribution in [0.3, 0.4) is 0 Å². The maximum Gasteiger partial charge on any atom is 0.204 e. The number of aryl methyl sites for hydroxylation is 1. The molecule has 0 radical (unpaired) electrons. The quantitative estimate of drug-likeness (QED) is 0.394. The van der Waals surface area contributed by atoms with Gasteiger partial charge in [0.2, 0.25) is 6.04 Å². The van der Waals surface area contributed by atoms with E-state index in [9.17, 15) is 9.90 Å². The van der Waals surface area contributed by atoms with Gasteiger partial charge in [0.25, 0.3) is 0 Å². The summed E-state index contributed by atoms with van der Waals surface area (Å²) in [6, 6.07) is 23.0. The number of Topliss-reactive ketones (excluding diaryl/α,β-unsaturated/α-hetero) is 1. The van der Waals surface area contributed by atoms with Crippen LogP contribution in [0.4, 0.5) is 0 Å². The first-order valence-corrected chi connectivity index (χ1v) is 14.3. The van der Waals surface area contributed by atoms with Crippen molar-refractivity contribution in [2.75, 3.05) is 0 Å². The van der Waals surface area contributed by atoms with Gasteiger partial charge in [-0.3, -0.25) is 4.79 Å². The van der Waals surface area contributed by atoms with Gasteiger partial charge in [0.05, 0.1) is 0 Å². The van der Waals surface area contributed by atoms with Crippen LogP contribution in [0.5, 0.6) is 0 Å². The van der Waals surface area contributed by atoms with Gasteiger partial charge in [0.1, 0.15) is 17.3 Å². The first kappa shape index (κ1) is 23.5. The molecule has 0 saturated heterocycles. The molecular weight excluding hydrogens is 468 g/mol. The lowest BCUT2D eigenvalue weighted by Crippen LogP contribution is -2.41. The Balaban J connectivity index is 1.27. The standard InChI is InChI=1S/C34H34N2O2/c37-33-31(29-19-25-15-7-9-17-27(25)35(29)21-23-11-3-1-4-12-23)34(38)32(33)30-20-26-16-8-10-18-28(26)36(30)22-24-13-5-2-6-14-24/h1-6,11-14,19-20,29,32H,7-10,15-18,21-22H2/p+1. The van der Waals surface area contributed by atoms with Crippen molar-refractivity contribution in [1.29, 1.82) is 0 Å². The van der Waals surface area contributed by atoms with Gasteiger partial charge in [-0.1, -0.05) is 60.7 Å². The second kappa shape index (κ2) is 9.58. The van der Waals surface area contributed by atoms with Crippen LogP contribution in [0.15, 0.2) is 89.7 Å². The molecule has 0 bridgehead atoms. The van der Waals surface area contributed by atoms with Crippen LogP contribution in [0.25, 0.3) is 0 Å². The Hall–Kier alpha value is -3.66. The highest BCUT2D eigenvalue weighted by Crippen LogP contribution is 2.44. The van der Waals surface area contributed by atoms with Gasteiger partial charge >= 0.3 is 0 Å². The zero-order valence-corrected chi connectivity index (χ0v) is 21.9. The molecule has 0 amide bonds. The summed E-state index contributed by atoms with van der Waals surface area (Å²) < 4.78 is 4.72. The largest absolute Gasteiger partial charge is 0.510 e. The number of fused-ring (bicyclic) bond motifs is 2. The molecule has 4 aliphatic rings. The van der Waals surface area contributed by atoms with E-state index < -0.39 is 5.92 Å². The number of hydrogen-bond acceptors (Lipinski definition) is 2. The molecule has 1 fully saturated rings. The van der Waals surface area contributed by atoms with E-state index in [4.69, 9.17) is 0 Å². The molecule has 4 heteroatoms. The number of benzene rings is 2. The summed E-state index contributed by atoms with van der Waals surface area (Å²) in [5.74, 6) is -0.187. The summed E-state index contributed by atoms with van der Waals surface area (Å²) in [6.45, 7) is 1.50. The normalized spacial score (nSPS) is 22.7. The summed E-state index contributed by atoms with van der Waals surface area (Å²) in [4.78, 5) is 14.0. The molecule has 2 aromatic carbocycles. The summed E-state index contributed by atoms with van der Waals surface area (Å²) in [5.41, 5.74) is 9.47. The molecular formula is C34H35N2O2+. The molecule has 1 N–H and O–H groups in total. The van der Waals surface area contributed by atoms with Crippen molar-refractivity contribution >= 4 is 11.5 Å². The zero-order valence-electron chi connectivity index (χ0n) is 21.9. The van der Waals surface area contributed by atoms with Gasteiger partial charge in [0, 0.05) is 35.5 Å². The van der Waals surface area contributed by atoms with E-state index in [0.717, 1.165) is 44.5 Å². The summed E-state index contributed by atoms with van der Waals surface area (Å²) in [6.07, 6.45) is 11.2. The number of carbonyl (C=O) groups excluding carboxylic acids is 1. The SMILES string of the molecule is O=C1C(C2C=C3CCCCC3=[N+]2Cc2ccccc2)=C(O)C1c1cc2c(n1Cc1ccccc1)CCCC2. The minimum absolute atomic E-state index is 0.0887. The molecule has 3 aromatic rings. The smallest absolute Gasteiger partial charge is 0.204 e. The summed E-state index contributed by atoms with van der Waals surface area (Å²) in [7, 11) is 0. The highest BCUT2D eigenvalue weighted by molar-refractivity contribution is 6.11. The van der Waals surface area contributed by atoms with Crippen molar-refractivity contribution in [3.8, 4) is 0 Å². The van der Waals surface area contributed by atoms with Crippen LogP contribution >= 0.6 is 0 Å². The van der Waals surface area contributed by atoms with E-state index in [2.05, 4.69) is 69.8 Å². The van der Waals surface area contributed by atoms with Crippen LogP contribution in [0.1, 0.15) is 72.5 Å². The Labute approximate surface area is 224 Å². The minimum atomic E-state index is -0.552. The molecule has 1 aromatic heterocycles. The van der Waals surface area contributed by atoms with Crippen molar-refractivity contribution in [3.63, 3.8) is 0 Å². The summed E-state index contributed by atoms with van der Waals surface area (Å²) in [5, 5.41) is 11.6. The molecule has 192 valence electrons. The average molecular weight is 504 g/mol. The Morgan fingerprint density at radius 3 is 2.29 bits per heavy atom. The Morgan fingerprint density at radius 1 is 0.842 bits per heavy atom. The number of ketones is 1. The van der Waals surface area contributed by atoms with Crippen LogP contribution in [0, 0.1) is 0 Å². The number of nitrogens with zero attached hydrogens (tertiary/aromatic N) is 2. The Morgan fingerprint density at radius 2 is 1.53 bits per heavy atom. The molecule has 2 unspecified atom stereocenters. The molecule has 2 atom stereocenters. The molecule has 1 aliphatic heterocycles. The monoisotopic (exact) mass is 503 g/mol. The van der Waals surface area contributed by atoms with E-state index in [1.807, 2.05) is 12.1 Å². The number of carbonyl (C=O) groups is 1. The Bertz CT molecular complexity index is 1490. The maximum absolute atomic E-state index is 14.0. The first-order chi connectivity index (χ1) is 18.7. The van der Waals surface area contributed by atoms with Gasteiger partial charge in [0.15, 0.2) is 18.0 Å². The molecule has 0 spiro atoms. The van der Waals surface area contributed by atoms with E-state index in [-0.39, 0.29) is 17.6 Å². The van der Waals surface area contributed by atoms with Crippen molar-refractivity contribution in [3.05, 3.63) is 118 Å². The number of aliphatic hydroxyl groups is 1. The third kappa shape index (κ3) is 3.89.